The zero-order chi connectivity index (χ0) is 14.6. The van der Waals surface area contributed by atoms with Crippen LogP contribution in [0.15, 0.2) is 12.4 Å². The van der Waals surface area contributed by atoms with Crippen LogP contribution in [0.1, 0.15) is 31.1 Å². The molecule has 112 valence electrons. The van der Waals surface area contributed by atoms with Gasteiger partial charge in [0, 0.05) is 45.5 Å². The molecule has 0 saturated carbocycles. The second-order valence-electron chi connectivity index (χ2n) is 6.19. The maximum atomic E-state index is 12.0. The zero-order valence-electron chi connectivity index (χ0n) is 12.6. The minimum absolute atomic E-state index is 0.0457. The molecule has 1 aliphatic rings. The summed E-state index contributed by atoms with van der Waals surface area (Å²) >= 11 is 0. The number of nitrogens with zero attached hydrogens (tertiary/aromatic N) is 3. The van der Waals surface area contributed by atoms with Gasteiger partial charge in [0.2, 0.25) is 0 Å². The smallest absolute Gasteiger partial charge is 0.254 e. The largest absolute Gasteiger partial charge is 0.351 e. The van der Waals surface area contributed by atoms with E-state index in [1.54, 1.807) is 12.4 Å². The minimum atomic E-state index is -0.0979. The Labute approximate surface area is 120 Å². The zero-order valence-corrected chi connectivity index (χ0v) is 12.6. The van der Waals surface area contributed by atoms with Gasteiger partial charge in [0.15, 0.2) is 0 Å². The summed E-state index contributed by atoms with van der Waals surface area (Å²) in [6.45, 7) is 11.9. The van der Waals surface area contributed by atoms with Crippen LogP contribution < -0.4 is 10.6 Å². The Morgan fingerprint density at radius 1 is 1.40 bits per heavy atom. The summed E-state index contributed by atoms with van der Waals surface area (Å²) in [5.74, 6) is -0.0457. The van der Waals surface area contributed by atoms with Crippen molar-refractivity contribution in [2.45, 2.75) is 26.3 Å². The number of piperazine rings is 1. The van der Waals surface area contributed by atoms with Crippen molar-refractivity contribution in [3.8, 4) is 0 Å². The van der Waals surface area contributed by atoms with Crippen LogP contribution in [0.3, 0.4) is 0 Å². The Morgan fingerprint density at radius 3 is 2.70 bits per heavy atom. The van der Waals surface area contributed by atoms with Crippen LogP contribution in [-0.2, 0) is 5.54 Å². The molecule has 6 nitrogen and oxygen atoms in total. The van der Waals surface area contributed by atoms with E-state index in [2.05, 4.69) is 41.4 Å². The molecule has 1 aliphatic heterocycles. The quantitative estimate of drug-likeness (QED) is 0.831. The van der Waals surface area contributed by atoms with Crippen molar-refractivity contribution >= 4 is 5.91 Å². The molecular formula is C14H25N5O. The topological polar surface area (TPSA) is 62.2 Å². The molecule has 0 aromatic carbocycles. The number of hydrogen-bond acceptors (Lipinski definition) is 4. The van der Waals surface area contributed by atoms with Gasteiger partial charge in [0.1, 0.15) is 0 Å². The highest BCUT2D eigenvalue weighted by atomic mass is 16.1. The molecule has 1 amide bonds. The van der Waals surface area contributed by atoms with Crippen molar-refractivity contribution in [3.05, 3.63) is 18.0 Å². The second-order valence-corrected chi connectivity index (χ2v) is 6.19. The second kappa shape index (κ2) is 6.37. The SMILES string of the molecule is CC(C)(C)n1cc(C(=O)NCCN2CCNCC2)cn1. The molecule has 2 N–H and O–H groups in total. The molecule has 6 heteroatoms. The van der Waals surface area contributed by atoms with E-state index in [0.29, 0.717) is 12.1 Å². The van der Waals surface area contributed by atoms with Crippen molar-refractivity contribution in [2.24, 2.45) is 0 Å². The monoisotopic (exact) mass is 279 g/mol. The summed E-state index contributed by atoms with van der Waals surface area (Å²) in [6, 6.07) is 0. The van der Waals surface area contributed by atoms with E-state index in [9.17, 15) is 4.79 Å². The maximum absolute atomic E-state index is 12.0. The predicted molar refractivity (Wildman–Crippen MR) is 78.9 cm³/mol. The van der Waals surface area contributed by atoms with Gasteiger partial charge in [0.25, 0.3) is 5.91 Å². The number of aromatic nitrogens is 2. The lowest BCUT2D eigenvalue weighted by Crippen LogP contribution is -2.46. The number of amides is 1. The Balaban J connectivity index is 1.78. The van der Waals surface area contributed by atoms with Gasteiger partial charge >= 0.3 is 0 Å². The molecule has 0 atom stereocenters. The van der Waals surface area contributed by atoms with Gasteiger partial charge in [0.05, 0.1) is 17.3 Å². The third kappa shape index (κ3) is 4.05. The highest BCUT2D eigenvalue weighted by Gasteiger charge is 2.16. The molecule has 0 radical (unpaired) electrons. The van der Waals surface area contributed by atoms with Gasteiger partial charge in [-0.25, -0.2) is 0 Å². The van der Waals surface area contributed by atoms with Gasteiger partial charge in [-0.05, 0) is 20.8 Å². The standard InChI is InChI=1S/C14H25N5O/c1-14(2,3)19-11-12(10-17-19)13(20)16-6-9-18-7-4-15-5-8-18/h10-11,15H,4-9H2,1-3H3,(H,16,20). The van der Waals surface area contributed by atoms with Gasteiger partial charge in [-0.1, -0.05) is 0 Å². The molecule has 1 saturated heterocycles. The molecule has 0 bridgehead atoms. The predicted octanol–water partition coefficient (Wildman–Crippen LogP) is 0.273. The van der Waals surface area contributed by atoms with Crippen molar-refractivity contribution in [2.75, 3.05) is 39.3 Å². The fourth-order valence-electron chi connectivity index (χ4n) is 2.17. The van der Waals surface area contributed by atoms with E-state index in [-0.39, 0.29) is 11.4 Å². The number of rotatable bonds is 4. The number of hydrogen-bond donors (Lipinski definition) is 2. The number of carbonyl (C=O) groups is 1. The lowest BCUT2D eigenvalue weighted by molar-refractivity contribution is 0.0947. The molecule has 0 unspecified atom stereocenters. The van der Waals surface area contributed by atoms with Crippen molar-refractivity contribution in [1.29, 1.82) is 0 Å². The first-order valence-corrected chi connectivity index (χ1v) is 7.23. The van der Waals surface area contributed by atoms with Crippen LogP contribution in [0.25, 0.3) is 0 Å². The Hall–Kier alpha value is -1.40. The normalized spacial score (nSPS) is 17.1. The molecule has 2 rings (SSSR count). The average molecular weight is 279 g/mol. The molecular weight excluding hydrogens is 254 g/mol. The molecule has 1 aromatic heterocycles. The summed E-state index contributed by atoms with van der Waals surface area (Å²) in [7, 11) is 0. The van der Waals surface area contributed by atoms with Gasteiger partial charge in [-0.15, -0.1) is 0 Å². The van der Waals surface area contributed by atoms with Crippen molar-refractivity contribution in [3.63, 3.8) is 0 Å². The van der Waals surface area contributed by atoms with E-state index in [4.69, 9.17) is 0 Å². The fraction of sp³-hybridized carbons (Fsp3) is 0.714. The van der Waals surface area contributed by atoms with Crippen LogP contribution in [0.4, 0.5) is 0 Å². The third-order valence-corrected chi connectivity index (χ3v) is 3.46. The Bertz CT molecular complexity index is 443. The number of carbonyl (C=O) groups excluding carboxylic acids is 1. The molecule has 0 aliphatic carbocycles. The van der Waals surface area contributed by atoms with E-state index < -0.39 is 0 Å². The maximum Gasteiger partial charge on any atom is 0.254 e. The van der Waals surface area contributed by atoms with Crippen molar-refractivity contribution in [1.82, 2.24) is 25.3 Å². The van der Waals surface area contributed by atoms with Crippen LogP contribution in [0.5, 0.6) is 0 Å². The van der Waals surface area contributed by atoms with Crippen molar-refractivity contribution < 1.29 is 4.79 Å². The summed E-state index contributed by atoms with van der Waals surface area (Å²) in [6.07, 6.45) is 3.44. The molecule has 1 fully saturated rings. The first-order chi connectivity index (χ1) is 9.47. The van der Waals surface area contributed by atoms with Gasteiger partial charge in [-0.3, -0.25) is 14.4 Å². The highest BCUT2D eigenvalue weighted by Crippen LogP contribution is 2.12. The number of nitrogens with one attached hydrogen (secondary N) is 2. The molecule has 1 aromatic rings. The summed E-state index contributed by atoms with van der Waals surface area (Å²) < 4.78 is 1.82. The van der Waals surface area contributed by atoms with E-state index in [1.165, 1.54) is 0 Å². The Morgan fingerprint density at radius 2 is 2.10 bits per heavy atom. The summed E-state index contributed by atoms with van der Waals surface area (Å²) in [5.41, 5.74) is 0.527. The van der Waals surface area contributed by atoms with Crippen LogP contribution in [0.2, 0.25) is 0 Å². The fourth-order valence-corrected chi connectivity index (χ4v) is 2.17. The summed E-state index contributed by atoms with van der Waals surface area (Å²) in [4.78, 5) is 14.4. The lowest BCUT2D eigenvalue weighted by atomic mass is 10.1. The molecule has 0 spiro atoms. The van der Waals surface area contributed by atoms with E-state index in [1.807, 2.05) is 4.68 Å². The molecule has 20 heavy (non-hydrogen) atoms. The average Bonchev–Trinajstić information content (AvgIpc) is 2.89. The Kier molecular flexibility index (Phi) is 4.77. The lowest BCUT2D eigenvalue weighted by Gasteiger charge is -2.27. The van der Waals surface area contributed by atoms with E-state index in [0.717, 1.165) is 32.7 Å². The minimum Gasteiger partial charge on any atom is -0.351 e. The van der Waals surface area contributed by atoms with Crippen LogP contribution >= 0.6 is 0 Å². The van der Waals surface area contributed by atoms with E-state index >= 15 is 0 Å². The van der Waals surface area contributed by atoms with Crippen LogP contribution in [-0.4, -0.2) is 59.9 Å². The van der Waals surface area contributed by atoms with Gasteiger partial charge in [-0.2, -0.15) is 5.10 Å². The van der Waals surface area contributed by atoms with Gasteiger partial charge < -0.3 is 10.6 Å². The first-order valence-electron chi connectivity index (χ1n) is 7.23. The molecule has 2 heterocycles. The first kappa shape index (κ1) is 15.0. The third-order valence-electron chi connectivity index (χ3n) is 3.46. The van der Waals surface area contributed by atoms with Crippen LogP contribution in [0, 0.1) is 0 Å². The summed E-state index contributed by atoms with van der Waals surface area (Å²) in [5, 5.41) is 10.5. The highest BCUT2D eigenvalue weighted by molar-refractivity contribution is 5.93.